The number of amides is 3. The number of fused-ring (bicyclic) bond motifs is 2. The molecular formula is C34H30BrN3O7. The van der Waals surface area contributed by atoms with Crippen LogP contribution in [0.4, 0.5) is 0 Å². The summed E-state index contributed by atoms with van der Waals surface area (Å²) in [5, 5.41) is 1.76. The van der Waals surface area contributed by atoms with E-state index in [4.69, 9.17) is 13.9 Å². The van der Waals surface area contributed by atoms with Crippen LogP contribution in [0.5, 0.6) is 11.6 Å². The number of rotatable bonds is 8. The number of halogens is 1. The van der Waals surface area contributed by atoms with Crippen LogP contribution < -0.4 is 9.47 Å². The molecule has 11 heteroatoms. The molecule has 3 heterocycles. The van der Waals surface area contributed by atoms with Gasteiger partial charge in [-0.1, -0.05) is 36.4 Å². The Balaban J connectivity index is 0.000000256. The number of pyridine rings is 1. The highest BCUT2D eigenvalue weighted by Gasteiger charge is 2.35. The molecule has 0 aliphatic carbocycles. The molecule has 0 N–H and O–H groups in total. The van der Waals surface area contributed by atoms with Crippen molar-refractivity contribution < 1.29 is 33.1 Å². The molecular weight excluding hydrogens is 642 g/mol. The third-order valence-electron chi connectivity index (χ3n) is 7.06. The summed E-state index contributed by atoms with van der Waals surface area (Å²) in [7, 11) is 4.44. The number of hydroxylamine groups is 2. The predicted octanol–water partition coefficient (Wildman–Crippen LogP) is 6.60. The number of furan rings is 1. The van der Waals surface area contributed by atoms with Crippen molar-refractivity contribution in [2.45, 2.75) is 20.0 Å². The number of ether oxygens (including phenoxy) is 2. The first-order chi connectivity index (χ1) is 21.7. The standard InChI is InChI=1S/C25H23BrN2O4.C9H7NO3/c1-16-4-7-18-13-20(32-23(18)12-16)15-28(14-17-5-8-19(30-2)9-6-17)25(29)22-11-10-21(26)24(27-22)31-3;1-13-10-8(11)6-4-2-3-5-7(6)9(10)12/h4-13H,14-15H2,1-3H3;2-5H,1H3. The van der Waals surface area contributed by atoms with E-state index in [-0.39, 0.29) is 5.91 Å². The molecule has 1 aliphatic rings. The quantitative estimate of drug-likeness (QED) is 0.170. The van der Waals surface area contributed by atoms with Gasteiger partial charge in [-0.3, -0.25) is 19.2 Å². The highest BCUT2D eigenvalue weighted by molar-refractivity contribution is 9.10. The van der Waals surface area contributed by atoms with Gasteiger partial charge in [0.2, 0.25) is 5.88 Å². The van der Waals surface area contributed by atoms with Gasteiger partial charge in [0.25, 0.3) is 17.7 Å². The molecule has 0 atom stereocenters. The van der Waals surface area contributed by atoms with Crippen LogP contribution in [0.25, 0.3) is 11.0 Å². The van der Waals surface area contributed by atoms with Gasteiger partial charge in [0, 0.05) is 11.9 Å². The zero-order valence-corrected chi connectivity index (χ0v) is 26.7. The summed E-state index contributed by atoms with van der Waals surface area (Å²) in [6.45, 7) is 2.71. The Morgan fingerprint density at radius 1 is 0.867 bits per heavy atom. The first-order valence-corrected chi connectivity index (χ1v) is 14.7. The van der Waals surface area contributed by atoms with Crippen molar-refractivity contribution in [3.05, 3.63) is 123 Å². The Morgan fingerprint density at radius 2 is 1.56 bits per heavy atom. The lowest BCUT2D eigenvalue weighted by Gasteiger charge is -2.22. The van der Waals surface area contributed by atoms with E-state index in [9.17, 15) is 14.4 Å². The van der Waals surface area contributed by atoms with E-state index < -0.39 is 11.8 Å². The molecule has 0 fully saturated rings. The van der Waals surface area contributed by atoms with E-state index in [1.165, 1.54) is 14.2 Å². The number of carbonyl (C=O) groups is 3. The zero-order chi connectivity index (χ0) is 32.1. The molecule has 0 radical (unpaired) electrons. The first-order valence-electron chi connectivity index (χ1n) is 13.9. The van der Waals surface area contributed by atoms with Crippen LogP contribution in [0.15, 0.2) is 93.8 Å². The third kappa shape index (κ3) is 6.89. The van der Waals surface area contributed by atoms with Crippen molar-refractivity contribution in [1.82, 2.24) is 14.9 Å². The monoisotopic (exact) mass is 671 g/mol. The second kappa shape index (κ2) is 13.7. The molecule has 0 bridgehead atoms. The van der Waals surface area contributed by atoms with Gasteiger partial charge in [-0.05, 0) is 82.5 Å². The van der Waals surface area contributed by atoms with Gasteiger partial charge in [0.05, 0.1) is 43.5 Å². The lowest BCUT2D eigenvalue weighted by Crippen LogP contribution is -2.30. The molecule has 0 unspecified atom stereocenters. The first kappa shape index (κ1) is 31.4. The van der Waals surface area contributed by atoms with Crippen LogP contribution in [0.1, 0.15) is 48.1 Å². The van der Waals surface area contributed by atoms with Gasteiger partial charge in [-0.15, -0.1) is 5.06 Å². The van der Waals surface area contributed by atoms with Crippen molar-refractivity contribution in [2.24, 2.45) is 0 Å². The molecule has 0 saturated carbocycles. The van der Waals surface area contributed by atoms with E-state index in [0.29, 0.717) is 46.0 Å². The molecule has 2 aromatic heterocycles. The lowest BCUT2D eigenvalue weighted by atomic mass is 10.1. The maximum atomic E-state index is 13.5. The van der Waals surface area contributed by atoms with Crippen molar-refractivity contribution in [1.29, 1.82) is 0 Å². The largest absolute Gasteiger partial charge is 0.497 e. The normalized spacial score (nSPS) is 12.1. The van der Waals surface area contributed by atoms with Gasteiger partial charge in [-0.2, -0.15) is 0 Å². The predicted molar refractivity (Wildman–Crippen MR) is 170 cm³/mol. The molecule has 6 rings (SSSR count). The Kier molecular flexibility index (Phi) is 9.60. The third-order valence-corrected chi connectivity index (χ3v) is 7.66. The molecule has 230 valence electrons. The second-order valence-corrected chi connectivity index (χ2v) is 10.9. The molecule has 3 aromatic carbocycles. The Hall–Kier alpha value is -5.00. The van der Waals surface area contributed by atoms with E-state index in [1.54, 1.807) is 48.4 Å². The minimum atomic E-state index is -0.400. The van der Waals surface area contributed by atoms with Crippen LogP contribution in [-0.4, -0.2) is 54.0 Å². The van der Waals surface area contributed by atoms with Crippen molar-refractivity contribution in [3.8, 4) is 11.6 Å². The molecule has 3 amide bonds. The maximum absolute atomic E-state index is 13.5. The van der Waals surface area contributed by atoms with E-state index in [0.717, 1.165) is 32.9 Å². The van der Waals surface area contributed by atoms with Gasteiger partial charge in [0.15, 0.2) is 0 Å². The SMILES string of the molecule is CON1C(=O)c2ccccc2C1=O.COc1ccc(CN(Cc2cc3ccc(C)cc3o2)C(=O)c2ccc(Br)c(OC)n2)cc1. The van der Waals surface area contributed by atoms with Crippen LogP contribution in [0, 0.1) is 6.92 Å². The van der Waals surface area contributed by atoms with Gasteiger partial charge in [0.1, 0.15) is 22.8 Å². The van der Waals surface area contributed by atoms with E-state index in [2.05, 4.69) is 25.8 Å². The topological polar surface area (TPSA) is 111 Å². The fourth-order valence-corrected chi connectivity index (χ4v) is 5.17. The number of methoxy groups -OCH3 is 2. The molecule has 45 heavy (non-hydrogen) atoms. The smallest absolute Gasteiger partial charge is 0.285 e. The van der Waals surface area contributed by atoms with Crippen LogP contribution in [0.2, 0.25) is 0 Å². The highest BCUT2D eigenvalue weighted by Crippen LogP contribution is 2.26. The Morgan fingerprint density at radius 3 is 2.18 bits per heavy atom. The minimum Gasteiger partial charge on any atom is -0.497 e. The fraction of sp³-hybridized carbons (Fsp3) is 0.176. The van der Waals surface area contributed by atoms with Crippen molar-refractivity contribution in [3.63, 3.8) is 0 Å². The van der Waals surface area contributed by atoms with Crippen LogP contribution in [-0.2, 0) is 17.9 Å². The number of imide groups is 1. The average Bonchev–Trinajstić information content (AvgIpc) is 3.57. The average molecular weight is 673 g/mol. The van der Waals surface area contributed by atoms with Gasteiger partial charge in [-0.25, -0.2) is 4.98 Å². The van der Waals surface area contributed by atoms with Crippen LogP contribution >= 0.6 is 15.9 Å². The maximum Gasteiger partial charge on any atom is 0.285 e. The summed E-state index contributed by atoms with van der Waals surface area (Å²) in [5.74, 6) is 0.809. The molecule has 1 aliphatic heterocycles. The van der Waals surface area contributed by atoms with Crippen molar-refractivity contribution >= 4 is 44.6 Å². The minimum absolute atomic E-state index is 0.219. The number of hydrogen-bond acceptors (Lipinski definition) is 8. The van der Waals surface area contributed by atoms with E-state index in [1.807, 2.05) is 55.5 Å². The number of aryl methyl sites for hydroxylation is 1. The summed E-state index contributed by atoms with van der Waals surface area (Å²) < 4.78 is 17.2. The summed E-state index contributed by atoms with van der Waals surface area (Å²) in [5.41, 5.74) is 3.99. The second-order valence-electron chi connectivity index (χ2n) is 10.1. The highest BCUT2D eigenvalue weighted by atomic mass is 79.9. The van der Waals surface area contributed by atoms with Crippen LogP contribution in [0.3, 0.4) is 0 Å². The summed E-state index contributed by atoms with van der Waals surface area (Å²) in [6, 6.07) is 25.7. The Bertz CT molecular complexity index is 1840. The van der Waals surface area contributed by atoms with Gasteiger partial charge < -0.3 is 18.8 Å². The number of benzene rings is 3. The molecule has 0 spiro atoms. The number of hydrogen-bond donors (Lipinski definition) is 0. The zero-order valence-electron chi connectivity index (χ0n) is 25.1. The molecule has 5 aromatic rings. The molecule has 10 nitrogen and oxygen atoms in total. The number of nitrogens with zero attached hydrogens (tertiary/aromatic N) is 3. The number of carbonyl (C=O) groups excluding carboxylic acids is 3. The fourth-order valence-electron chi connectivity index (χ4n) is 4.79. The molecule has 0 saturated heterocycles. The van der Waals surface area contributed by atoms with E-state index >= 15 is 0 Å². The lowest BCUT2D eigenvalue weighted by molar-refractivity contribution is -0.0645. The summed E-state index contributed by atoms with van der Waals surface area (Å²) >= 11 is 3.38. The summed E-state index contributed by atoms with van der Waals surface area (Å²) in [6.07, 6.45) is 0. The number of aromatic nitrogens is 1. The van der Waals surface area contributed by atoms with Gasteiger partial charge >= 0.3 is 0 Å². The Labute approximate surface area is 268 Å². The van der Waals surface area contributed by atoms with Crippen molar-refractivity contribution in [2.75, 3.05) is 21.3 Å². The summed E-state index contributed by atoms with van der Waals surface area (Å²) in [4.78, 5) is 47.0.